The summed E-state index contributed by atoms with van der Waals surface area (Å²) in [4.78, 5) is 0. The van der Waals surface area contributed by atoms with Gasteiger partial charge >= 0.3 is 6.18 Å². The van der Waals surface area contributed by atoms with Crippen molar-refractivity contribution in [3.63, 3.8) is 0 Å². The Kier molecular flexibility index (Phi) is 4.73. The number of anilines is 1. The molecule has 2 rings (SSSR count). The fourth-order valence-electron chi connectivity index (χ4n) is 1.98. The largest absolute Gasteiger partial charge is 0.494 e. The van der Waals surface area contributed by atoms with Crippen LogP contribution in [0.25, 0.3) is 0 Å². The second kappa shape index (κ2) is 6.52. The van der Waals surface area contributed by atoms with Crippen molar-refractivity contribution in [1.82, 2.24) is 0 Å². The minimum Gasteiger partial charge on any atom is -0.494 e. The molecule has 0 heterocycles. The normalized spacial score (nSPS) is 12.8. The Labute approximate surface area is 121 Å². The molecule has 1 N–H and O–H groups in total. The molecule has 5 heteroatoms. The van der Waals surface area contributed by atoms with E-state index in [1.54, 1.807) is 42.5 Å². The number of hydrogen-bond acceptors (Lipinski definition) is 2. The number of nitrogens with one attached hydrogen (secondary N) is 1. The average Bonchev–Trinajstić information content (AvgIpc) is 2.46. The van der Waals surface area contributed by atoms with Gasteiger partial charge in [0.1, 0.15) is 11.8 Å². The molecule has 112 valence electrons. The van der Waals surface area contributed by atoms with Crippen LogP contribution >= 0.6 is 0 Å². The first-order valence-corrected chi connectivity index (χ1v) is 6.61. The van der Waals surface area contributed by atoms with Gasteiger partial charge in [-0.15, -0.1) is 0 Å². The van der Waals surface area contributed by atoms with Gasteiger partial charge < -0.3 is 10.1 Å². The predicted molar refractivity (Wildman–Crippen MR) is 76.5 cm³/mol. The first-order chi connectivity index (χ1) is 10.0. The molecule has 0 aliphatic heterocycles. The number of rotatable bonds is 5. The van der Waals surface area contributed by atoms with Crippen molar-refractivity contribution in [2.75, 3.05) is 11.9 Å². The molecule has 0 fully saturated rings. The summed E-state index contributed by atoms with van der Waals surface area (Å²) in [6, 6.07) is 12.5. The van der Waals surface area contributed by atoms with E-state index in [-0.39, 0.29) is 5.56 Å². The van der Waals surface area contributed by atoms with Crippen LogP contribution in [0.2, 0.25) is 0 Å². The molecule has 0 saturated heterocycles. The van der Waals surface area contributed by atoms with Crippen LogP contribution in [0.1, 0.15) is 18.5 Å². The van der Waals surface area contributed by atoms with Crippen molar-refractivity contribution in [3.05, 3.63) is 60.2 Å². The summed E-state index contributed by atoms with van der Waals surface area (Å²) in [5.41, 5.74) is 0.573. The Balaban J connectivity index is 2.20. The molecule has 0 saturated carbocycles. The van der Waals surface area contributed by atoms with Gasteiger partial charge in [-0.2, -0.15) is 13.2 Å². The summed E-state index contributed by atoms with van der Waals surface area (Å²) in [5.74, 6) is 0.631. The molecule has 1 unspecified atom stereocenters. The highest BCUT2D eigenvalue weighted by atomic mass is 19.4. The van der Waals surface area contributed by atoms with Gasteiger partial charge in [0.15, 0.2) is 0 Å². The number of benzene rings is 2. The number of hydrogen-bond donors (Lipinski definition) is 1. The van der Waals surface area contributed by atoms with E-state index >= 15 is 0 Å². The van der Waals surface area contributed by atoms with Crippen molar-refractivity contribution in [2.45, 2.75) is 19.1 Å². The summed E-state index contributed by atoms with van der Waals surface area (Å²) in [6.45, 7) is 2.36. The van der Waals surface area contributed by atoms with Gasteiger partial charge in [0.05, 0.1) is 6.61 Å². The average molecular weight is 295 g/mol. The summed E-state index contributed by atoms with van der Waals surface area (Å²) >= 11 is 0. The van der Waals surface area contributed by atoms with Crippen LogP contribution in [-0.4, -0.2) is 12.8 Å². The van der Waals surface area contributed by atoms with E-state index in [0.717, 1.165) is 0 Å². The van der Waals surface area contributed by atoms with Crippen LogP contribution in [-0.2, 0) is 0 Å². The second-order valence-electron chi connectivity index (χ2n) is 4.49. The van der Waals surface area contributed by atoms with Gasteiger partial charge in [0.25, 0.3) is 0 Å². The third-order valence-electron chi connectivity index (χ3n) is 2.94. The lowest BCUT2D eigenvalue weighted by Crippen LogP contribution is -2.27. The quantitative estimate of drug-likeness (QED) is 0.855. The van der Waals surface area contributed by atoms with Crippen molar-refractivity contribution in [3.8, 4) is 5.75 Å². The molecule has 0 spiro atoms. The number of halogens is 3. The Hall–Kier alpha value is -2.17. The first-order valence-electron chi connectivity index (χ1n) is 6.61. The smallest absolute Gasteiger partial charge is 0.412 e. The monoisotopic (exact) mass is 295 g/mol. The van der Waals surface area contributed by atoms with Crippen molar-refractivity contribution < 1.29 is 17.9 Å². The molecule has 2 nitrogen and oxygen atoms in total. The standard InChI is InChI=1S/C16H16F3NO/c1-2-21-14-10-8-13(9-11-14)20-15(16(17,18)19)12-6-4-3-5-7-12/h3-11,15,20H,2H2,1H3. The number of ether oxygens (including phenoxy) is 1. The lowest BCUT2D eigenvalue weighted by molar-refractivity contribution is -0.144. The van der Waals surface area contributed by atoms with Crippen LogP contribution in [0.4, 0.5) is 18.9 Å². The van der Waals surface area contributed by atoms with Gasteiger partial charge in [-0.05, 0) is 36.8 Å². The Morgan fingerprint density at radius 3 is 2.14 bits per heavy atom. The minimum absolute atomic E-state index is 0.180. The van der Waals surface area contributed by atoms with E-state index in [1.165, 1.54) is 12.1 Å². The summed E-state index contributed by atoms with van der Waals surface area (Å²) in [5, 5.41) is 2.52. The lowest BCUT2D eigenvalue weighted by Gasteiger charge is -2.23. The maximum Gasteiger partial charge on any atom is 0.412 e. The van der Waals surface area contributed by atoms with E-state index < -0.39 is 12.2 Å². The fraction of sp³-hybridized carbons (Fsp3) is 0.250. The molecule has 0 amide bonds. The molecule has 21 heavy (non-hydrogen) atoms. The third kappa shape index (κ3) is 4.15. The SMILES string of the molecule is CCOc1ccc(NC(c2ccccc2)C(F)(F)F)cc1. The Bertz CT molecular complexity index is 552. The van der Waals surface area contributed by atoms with Crippen LogP contribution in [0.3, 0.4) is 0 Å². The molecular formula is C16H16F3NO. The predicted octanol–water partition coefficient (Wildman–Crippen LogP) is 4.80. The van der Waals surface area contributed by atoms with Crippen molar-refractivity contribution in [2.24, 2.45) is 0 Å². The van der Waals surface area contributed by atoms with Crippen LogP contribution < -0.4 is 10.1 Å². The van der Waals surface area contributed by atoms with Gasteiger partial charge in [0.2, 0.25) is 0 Å². The molecule has 0 aliphatic carbocycles. The minimum atomic E-state index is -4.38. The maximum atomic E-state index is 13.2. The lowest BCUT2D eigenvalue weighted by atomic mass is 10.1. The molecule has 0 aromatic heterocycles. The molecular weight excluding hydrogens is 279 g/mol. The Morgan fingerprint density at radius 2 is 1.62 bits per heavy atom. The maximum absolute atomic E-state index is 13.2. The van der Waals surface area contributed by atoms with E-state index in [4.69, 9.17) is 4.74 Å². The van der Waals surface area contributed by atoms with Crippen LogP contribution in [0, 0.1) is 0 Å². The van der Waals surface area contributed by atoms with E-state index in [9.17, 15) is 13.2 Å². The van der Waals surface area contributed by atoms with Gasteiger partial charge in [0, 0.05) is 5.69 Å². The summed E-state index contributed by atoms with van der Waals surface area (Å²) in [6.07, 6.45) is -4.38. The van der Waals surface area contributed by atoms with E-state index in [2.05, 4.69) is 5.32 Å². The van der Waals surface area contributed by atoms with Gasteiger partial charge in [-0.3, -0.25) is 0 Å². The van der Waals surface area contributed by atoms with Crippen LogP contribution in [0.15, 0.2) is 54.6 Å². The Morgan fingerprint density at radius 1 is 1.00 bits per heavy atom. The molecule has 1 atom stereocenters. The molecule has 2 aromatic rings. The zero-order valence-corrected chi connectivity index (χ0v) is 11.5. The third-order valence-corrected chi connectivity index (χ3v) is 2.94. The van der Waals surface area contributed by atoms with Crippen molar-refractivity contribution >= 4 is 5.69 Å². The summed E-state index contributed by atoms with van der Waals surface area (Å²) < 4.78 is 44.9. The molecule has 0 bridgehead atoms. The zero-order chi connectivity index (χ0) is 15.3. The molecule has 0 radical (unpaired) electrons. The highest BCUT2D eigenvalue weighted by Crippen LogP contribution is 2.35. The number of alkyl halides is 3. The topological polar surface area (TPSA) is 21.3 Å². The zero-order valence-electron chi connectivity index (χ0n) is 11.5. The highest BCUT2D eigenvalue weighted by molar-refractivity contribution is 5.48. The van der Waals surface area contributed by atoms with E-state index in [0.29, 0.717) is 18.0 Å². The fourth-order valence-corrected chi connectivity index (χ4v) is 1.98. The summed E-state index contributed by atoms with van der Waals surface area (Å²) in [7, 11) is 0. The highest BCUT2D eigenvalue weighted by Gasteiger charge is 2.40. The molecule has 0 aliphatic rings. The first kappa shape index (κ1) is 15.2. The second-order valence-corrected chi connectivity index (χ2v) is 4.49. The van der Waals surface area contributed by atoms with Crippen molar-refractivity contribution in [1.29, 1.82) is 0 Å². The van der Waals surface area contributed by atoms with E-state index in [1.807, 2.05) is 6.92 Å². The molecule has 2 aromatic carbocycles. The van der Waals surface area contributed by atoms with Gasteiger partial charge in [-0.1, -0.05) is 30.3 Å². The van der Waals surface area contributed by atoms with Gasteiger partial charge in [-0.25, -0.2) is 0 Å². The van der Waals surface area contributed by atoms with Crippen LogP contribution in [0.5, 0.6) is 5.75 Å².